The Hall–Kier alpha value is -1.75. The molecule has 0 unspecified atom stereocenters. The third-order valence-electron chi connectivity index (χ3n) is 3.23. The first-order valence-corrected chi connectivity index (χ1v) is 7.62. The molecule has 1 aromatic carbocycles. The minimum Gasteiger partial charge on any atom is -0.494 e. The zero-order valence-corrected chi connectivity index (χ0v) is 13.4. The number of benzene rings is 1. The van der Waals surface area contributed by atoms with E-state index >= 15 is 0 Å². The van der Waals surface area contributed by atoms with E-state index in [4.69, 9.17) is 21.7 Å². The van der Waals surface area contributed by atoms with E-state index in [1.165, 1.54) is 5.56 Å². The number of nitrogens with one attached hydrogen (secondary N) is 2. The predicted molar refractivity (Wildman–Crippen MR) is 89.0 cm³/mol. The van der Waals surface area contributed by atoms with Gasteiger partial charge in [-0.2, -0.15) is 0 Å². The van der Waals surface area contributed by atoms with Crippen LogP contribution in [-0.4, -0.2) is 24.4 Å². The van der Waals surface area contributed by atoms with Gasteiger partial charge in [-0.25, -0.2) is 0 Å². The Morgan fingerprint density at radius 2 is 2.33 bits per heavy atom. The number of fused-ring (bicyclic) bond motifs is 1. The highest BCUT2D eigenvalue weighted by Crippen LogP contribution is 2.35. The summed E-state index contributed by atoms with van der Waals surface area (Å²) in [6, 6.07) is 4.13. The van der Waals surface area contributed by atoms with Gasteiger partial charge in [-0.1, -0.05) is 6.08 Å². The van der Waals surface area contributed by atoms with Gasteiger partial charge in [0.15, 0.2) is 5.11 Å². The summed E-state index contributed by atoms with van der Waals surface area (Å²) < 4.78 is 11.5. The quantitative estimate of drug-likeness (QED) is 0.624. The first-order chi connectivity index (χ1) is 10.1. The van der Waals surface area contributed by atoms with Crippen molar-refractivity contribution in [2.75, 3.05) is 13.2 Å². The van der Waals surface area contributed by atoms with E-state index in [9.17, 15) is 0 Å². The maximum absolute atomic E-state index is 5.81. The average Bonchev–Trinajstić information content (AvgIpc) is 2.82. The molecular formula is C16H22N2O2S. The van der Waals surface area contributed by atoms with Crippen molar-refractivity contribution in [1.29, 1.82) is 0 Å². The average molecular weight is 306 g/mol. The van der Waals surface area contributed by atoms with Gasteiger partial charge >= 0.3 is 0 Å². The van der Waals surface area contributed by atoms with E-state index in [1.807, 2.05) is 13.0 Å². The standard InChI is InChI=1S/C16H22N2O2S/c1-4-6-17-16(21)18-10-13-9-15-12(7-11(3)20-15)8-14(13)19-5-2/h4,8-9,11H,1,5-7,10H2,2-3H3,(H2,17,18,21)/t11-/m1/s1. The molecule has 2 rings (SSSR count). The topological polar surface area (TPSA) is 42.5 Å². The minimum absolute atomic E-state index is 0.230. The lowest BCUT2D eigenvalue weighted by Gasteiger charge is -2.14. The van der Waals surface area contributed by atoms with Crippen LogP contribution in [-0.2, 0) is 13.0 Å². The van der Waals surface area contributed by atoms with Crippen molar-refractivity contribution in [2.45, 2.75) is 32.9 Å². The molecule has 0 spiro atoms. The van der Waals surface area contributed by atoms with Gasteiger partial charge in [-0.05, 0) is 38.2 Å². The second-order valence-electron chi connectivity index (χ2n) is 4.99. The lowest BCUT2D eigenvalue weighted by molar-refractivity contribution is 0.254. The van der Waals surface area contributed by atoms with E-state index in [0.717, 1.165) is 23.5 Å². The second-order valence-corrected chi connectivity index (χ2v) is 5.39. The molecule has 1 aromatic rings. The molecule has 5 heteroatoms. The van der Waals surface area contributed by atoms with Crippen molar-refractivity contribution in [3.05, 3.63) is 35.9 Å². The molecule has 2 N–H and O–H groups in total. The Morgan fingerprint density at radius 3 is 3.05 bits per heavy atom. The number of hydrogen-bond acceptors (Lipinski definition) is 3. The Bertz CT molecular complexity index is 531. The fourth-order valence-electron chi connectivity index (χ4n) is 2.31. The highest BCUT2D eigenvalue weighted by molar-refractivity contribution is 7.80. The summed E-state index contributed by atoms with van der Waals surface area (Å²) >= 11 is 5.20. The molecule has 114 valence electrons. The zero-order chi connectivity index (χ0) is 15.2. The molecular weight excluding hydrogens is 284 g/mol. The molecule has 0 aliphatic carbocycles. The van der Waals surface area contributed by atoms with Crippen LogP contribution in [0.25, 0.3) is 0 Å². The van der Waals surface area contributed by atoms with Gasteiger partial charge in [-0.15, -0.1) is 6.58 Å². The molecule has 0 amide bonds. The number of rotatable bonds is 6. The second kappa shape index (κ2) is 7.31. The van der Waals surface area contributed by atoms with Gasteiger partial charge < -0.3 is 20.1 Å². The van der Waals surface area contributed by atoms with Gasteiger partial charge in [0, 0.05) is 30.6 Å². The van der Waals surface area contributed by atoms with Crippen LogP contribution in [0.2, 0.25) is 0 Å². The smallest absolute Gasteiger partial charge is 0.166 e. The van der Waals surface area contributed by atoms with Gasteiger partial charge in [0.2, 0.25) is 0 Å². The van der Waals surface area contributed by atoms with Gasteiger partial charge in [0.1, 0.15) is 17.6 Å². The maximum atomic E-state index is 5.81. The number of thiocarbonyl (C=S) groups is 1. The SMILES string of the molecule is C=CCNC(=S)NCc1cc2c(cc1OCC)C[C@@H](C)O2. The van der Waals surface area contributed by atoms with E-state index in [2.05, 4.69) is 30.2 Å². The van der Waals surface area contributed by atoms with Gasteiger partial charge in [0.05, 0.1) is 6.61 Å². The molecule has 0 fully saturated rings. The van der Waals surface area contributed by atoms with Crippen LogP contribution in [0.3, 0.4) is 0 Å². The van der Waals surface area contributed by atoms with Crippen molar-refractivity contribution in [3.8, 4) is 11.5 Å². The van der Waals surface area contributed by atoms with Gasteiger partial charge in [0.25, 0.3) is 0 Å². The summed E-state index contributed by atoms with van der Waals surface area (Å²) in [5.74, 6) is 1.85. The summed E-state index contributed by atoms with van der Waals surface area (Å²) in [4.78, 5) is 0. The summed E-state index contributed by atoms with van der Waals surface area (Å²) in [5, 5.41) is 6.82. The van der Waals surface area contributed by atoms with Crippen molar-refractivity contribution < 1.29 is 9.47 Å². The van der Waals surface area contributed by atoms with E-state index in [0.29, 0.717) is 24.8 Å². The van der Waals surface area contributed by atoms with Crippen LogP contribution >= 0.6 is 12.2 Å². The molecule has 0 saturated heterocycles. The summed E-state index contributed by atoms with van der Waals surface area (Å²) in [6.07, 6.45) is 2.93. The molecule has 4 nitrogen and oxygen atoms in total. The molecule has 1 heterocycles. The lowest BCUT2D eigenvalue weighted by atomic mass is 10.1. The molecule has 21 heavy (non-hydrogen) atoms. The Balaban J connectivity index is 2.08. The highest BCUT2D eigenvalue weighted by atomic mass is 32.1. The molecule has 1 atom stereocenters. The third kappa shape index (κ3) is 4.11. The van der Waals surface area contributed by atoms with Crippen LogP contribution in [0.5, 0.6) is 11.5 Å². The molecule has 1 aliphatic heterocycles. The number of ether oxygens (including phenoxy) is 2. The maximum Gasteiger partial charge on any atom is 0.166 e. The fourth-order valence-corrected chi connectivity index (χ4v) is 2.47. The largest absolute Gasteiger partial charge is 0.494 e. The molecule has 1 aliphatic rings. The molecule has 0 radical (unpaired) electrons. The minimum atomic E-state index is 0.230. The molecule has 0 saturated carbocycles. The van der Waals surface area contributed by atoms with Crippen LogP contribution in [0.15, 0.2) is 24.8 Å². The van der Waals surface area contributed by atoms with Gasteiger partial charge in [-0.3, -0.25) is 0 Å². The molecule has 0 bridgehead atoms. The third-order valence-corrected chi connectivity index (χ3v) is 3.51. The van der Waals surface area contributed by atoms with Crippen LogP contribution in [0.4, 0.5) is 0 Å². The summed E-state index contributed by atoms with van der Waals surface area (Å²) in [6.45, 7) is 9.60. The lowest BCUT2D eigenvalue weighted by Crippen LogP contribution is -2.34. The normalized spacial score (nSPS) is 15.8. The Kier molecular flexibility index (Phi) is 5.44. The van der Waals surface area contributed by atoms with E-state index in [-0.39, 0.29) is 6.10 Å². The zero-order valence-electron chi connectivity index (χ0n) is 12.6. The van der Waals surface area contributed by atoms with Crippen LogP contribution in [0, 0.1) is 0 Å². The summed E-state index contributed by atoms with van der Waals surface area (Å²) in [5.41, 5.74) is 2.26. The van der Waals surface area contributed by atoms with Crippen molar-refractivity contribution in [2.24, 2.45) is 0 Å². The van der Waals surface area contributed by atoms with Crippen molar-refractivity contribution >= 4 is 17.3 Å². The Labute approximate surface area is 131 Å². The Morgan fingerprint density at radius 1 is 1.52 bits per heavy atom. The predicted octanol–water partition coefficient (Wildman–Crippen LogP) is 2.56. The first-order valence-electron chi connectivity index (χ1n) is 7.21. The van der Waals surface area contributed by atoms with Crippen LogP contribution in [0.1, 0.15) is 25.0 Å². The number of hydrogen-bond donors (Lipinski definition) is 2. The molecule has 0 aromatic heterocycles. The fraction of sp³-hybridized carbons (Fsp3) is 0.438. The van der Waals surface area contributed by atoms with Crippen LogP contribution < -0.4 is 20.1 Å². The monoisotopic (exact) mass is 306 g/mol. The highest BCUT2D eigenvalue weighted by Gasteiger charge is 2.21. The van der Waals surface area contributed by atoms with E-state index < -0.39 is 0 Å². The van der Waals surface area contributed by atoms with Crippen molar-refractivity contribution in [1.82, 2.24) is 10.6 Å². The van der Waals surface area contributed by atoms with E-state index in [1.54, 1.807) is 6.08 Å². The van der Waals surface area contributed by atoms with Crippen molar-refractivity contribution in [3.63, 3.8) is 0 Å². The first kappa shape index (κ1) is 15.6. The summed E-state index contributed by atoms with van der Waals surface area (Å²) in [7, 11) is 0.